The number of halogens is 1. The van der Waals surface area contributed by atoms with Gasteiger partial charge in [0.05, 0.1) is 11.6 Å². The van der Waals surface area contributed by atoms with E-state index in [2.05, 4.69) is 21.3 Å². The molecule has 92 valence electrons. The fourth-order valence-electron chi connectivity index (χ4n) is 2.03. The monoisotopic (exact) mass is 252 g/mol. The van der Waals surface area contributed by atoms with Gasteiger partial charge in [0.15, 0.2) is 0 Å². The summed E-state index contributed by atoms with van der Waals surface area (Å²) in [6.07, 6.45) is 4.08. The third-order valence-electron chi connectivity index (χ3n) is 3.05. The molecule has 0 amide bonds. The van der Waals surface area contributed by atoms with Crippen LogP contribution < -0.4 is 10.2 Å². The zero-order valence-corrected chi connectivity index (χ0v) is 10.7. The van der Waals surface area contributed by atoms with Crippen molar-refractivity contribution in [2.24, 2.45) is 0 Å². The minimum absolute atomic E-state index is 0. The summed E-state index contributed by atoms with van der Waals surface area (Å²) in [5, 5.41) is 12.2. The topological polar surface area (TPSA) is 52.0 Å². The van der Waals surface area contributed by atoms with Gasteiger partial charge in [-0.2, -0.15) is 5.26 Å². The summed E-state index contributed by atoms with van der Waals surface area (Å²) in [4.78, 5) is 6.47. The van der Waals surface area contributed by atoms with Gasteiger partial charge in [0.25, 0.3) is 0 Å². The molecule has 1 N–H and O–H groups in total. The van der Waals surface area contributed by atoms with Gasteiger partial charge in [-0.3, -0.25) is 0 Å². The molecular weight excluding hydrogens is 236 g/mol. The van der Waals surface area contributed by atoms with Gasteiger partial charge in [-0.05, 0) is 31.5 Å². The van der Waals surface area contributed by atoms with Crippen LogP contribution in [-0.4, -0.2) is 31.2 Å². The normalized spacial score (nSPS) is 18.9. The van der Waals surface area contributed by atoms with Gasteiger partial charge in [0.2, 0.25) is 0 Å². The number of pyridine rings is 1. The SMILES string of the molecule is CN(c1cc(C#N)ccn1)[C@@H]1CCCNC1.Cl. The average molecular weight is 253 g/mol. The number of aromatic nitrogens is 1. The highest BCUT2D eigenvalue weighted by molar-refractivity contribution is 5.85. The lowest BCUT2D eigenvalue weighted by Crippen LogP contribution is -2.44. The number of piperidine rings is 1. The third kappa shape index (κ3) is 3.32. The van der Waals surface area contributed by atoms with E-state index in [1.165, 1.54) is 12.8 Å². The molecule has 0 spiro atoms. The number of rotatable bonds is 2. The van der Waals surface area contributed by atoms with Gasteiger partial charge < -0.3 is 10.2 Å². The standard InChI is InChI=1S/C12H16N4.ClH/c1-16(11-3-2-5-14-9-11)12-7-10(8-13)4-6-15-12;/h4,6-7,11,14H,2-3,5,9H2,1H3;1H/t11-;/m1./s1. The molecule has 0 radical (unpaired) electrons. The largest absolute Gasteiger partial charge is 0.355 e. The zero-order chi connectivity index (χ0) is 11.4. The summed E-state index contributed by atoms with van der Waals surface area (Å²) in [6, 6.07) is 6.20. The molecule has 1 atom stereocenters. The summed E-state index contributed by atoms with van der Waals surface area (Å²) in [5.41, 5.74) is 0.667. The number of nitrogens with one attached hydrogen (secondary N) is 1. The van der Waals surface area contributed by atoms with Crippen molar-refractivity contribution in [3.05, 3.63) is 23.9 Å². The van der Waals surface area contributed by atoms with E-state index in [1.54, 1.807) is 12.3 Å². The number of nitrogens with zero attached hydrogens (tertiary/aromatic N) is 3. The van der Waals surface area contributed by atoms with E-state index in [1.807, 2.05) is 13.1 Å². The van der Waals surface area contributed by atoms with Crippen LogP contribution in [-0.2, 0) is 0 Å². The highest BCUT2D eigenvalue weighted by Crippen LogP contribution is 2.17. The molecular formula is C12H17ClN4. The van der Waals surface area contributed by atoms with Gasteiger partial charge in [-0.15, -0.1) is 12.4 Å². The summed E-state index contributed by atoms with van der Waals surface area (Å²) in [5.74, 6) is 0.882. The van der Waals surface area contributed by atoms with Crippen LogP contribution in [0.25, 0.3) is 0 Å². The van der Waals surface area contributed by atoms with E-state index in [0.29, 0.717) is 11.6 Å². The van der Waals surface area contributed by atoms with E-state index in [0.717, 1.165) is 18.9 Å². The highest BCUT2D eigenvalue weighted by Gasteiger charge is 2.18. The smallest absolute Gasteiger partial charge is 0.129 e. The predicted molar refractivity (Wildman–Crippen MR) is 70.5 cm³/mol. The first-order chi connectivity index (χ1) is 7.81. The van der Waals surface area contributed by atoms with Gasteiger partial charge >= 0.3 is 0 Å². The second kappa shape index (κ2) is 6.43. The lowest BCUT2D eigenvalue weighted by atomic mass is 10.1. The molecule has 1 aliphatic rings. The molecule has 2 rings (SSSR count). The summed E-state index contributed by atoms with van der Waals surface area (Å²) >= 11 is 0. The molecule has 17 heavy (non-hydrogen) atoms. The van der Waals surface area contributed by atoms with E-state index in [4.69, 9.17) is 5.26 Å². The Morgan fingerprint density at radius 3 is 3.06 bits per heavy atom. The molecule has 2 heterocycles. The first-order valence-corrected chi connectivity index (χ1v) is 5.61. The molecule has 1 saturated heterocycles. The Kier molecular flexibility index (Phi) is 5.20. The second-order valence-corrected chi connectivity index (χ2v) is 4.13. The molecule has 4 nitrogen and oxygen atoms in total. The molecule has 5 heteroatoms. The minimum Gasteiger partial charge on any atom is -0.355 e. The Hall–Kier alpha value is -1.31. The Labute approximate surface area is 108 Å². The van der Waals surface area contributed by atoms with Crippen molar-refractivity contribution in [3.8, 4) is 6.07 Å². The summed E-state index contributed by atoms with van der Waals surface area (Å²) < 4.78 is 0. The summed E-state index contributed by atoms with van der Waals surface area (Å²) in [7, 11) is 2.04. The third-order valence-corrected chi connectivity index (χ3v) is 3.05. The van der Waals surface area contributed by atoms with Gasteiger partial charge in [0.1, 0.15) is 5.82 Å². The van der Waals surface area contributed by atoms with Crippen LogP contribution in [0.4, 0.5) is 5.82 Å². The molecule has 1 fully saturated rings. The second-order valence-electron chi connectivity index (χ2n) is 4.13. The van der Waals surface area contributed by atoms with Crippen molar-refractivity contribution < 1.29 is 0 Å². The average Bonchev–Trinajstić information content (AvgIpc) is 2.39. The Balaban J connectivity index is 0.00000144. The molecule has 0 aromatic carbocycles. The van der Waals surface area contributed by atoms with Crippen molar-refractivity contribution in [1.82, 2.24) is 10.3 Å². The molecule has 0 aliphatic carbocycles. The van der Waals surface area contributed by atoms with Crippen LogP contribution in [0.3, 0.4) is 0 Å². The van der Waals surface area contributed by atoms with Crippen molar-refractivity contribution >= 4 is 18.2 Å². The molecule has 1 aliphatic heterocycles. The number of likely N-dealkylation sites (N-methyl/N-ethyl adjacent to an activating group) is 1. The molecule has 1 aromatic heterocycles. The molecule has 0 bridgehead atoms. The quantitative estimate of drug-likeness (QED) is 0.868. The zero-order valence-electron chi connectivity index (χ0n) is 9.89. The van der Waals surface area contributed by atoms with Crippen LogP contribution in [0.5, 0.6) is 0 Å². The van der Waals surface area contributed by atoms with Crippen molar-refractivity contribution in [3.63, 3.8) is 0 Å². The van der Waals surface area contributed by atoms with E-state index < -0.39 is 0 Å². The van der Waals surface area contributed by atoms with Gasteiger partial charge in [0, 0.05) is 25.8 Å². The van der Waals surface area contributed by atoms with Crippen LogP contribution in [0.15, 0.2) is 18.3 Å². The van der Waals surface area contributed by atoms with Crippen molar-refractivity contribution in [1.29, 1.82) is 5.26 Å². The fraction of sp³-hybridized carbons (Fsp3) is 0.500. The van der Waals surface area contributed by atoms with Crippen LogP contribution >= 0.6 is 12.4 Å². The maximum Gasteiger partial charge on any atom is 0.129 e. The Morgan fingerprint density at radius 1 is 1.59 bits per heavy atom. The number of hydrogen-bond acceptors (Lipinski definition) is 4. The Bertz CT molecular complexity index is 396. The number of hydrogen-bond donors (Lipinski definition) is 1. The lowest BCUT2D eigenvalue weighted by Gasteiger charge is -2.32. The van der Waals surface area contributed by atoms with Crippen molar-refractivity contribution in [2.45, 2.75) is 18.9 Å². The van der Waals surface area contributed by atoms with E-state index >= 15 is 0 Å². The van der Waals surface area contributed by atoms with Crippen LogP contribution in [0.1, 0.15) is 18.4 Å². The maximum absolute atomic E-state index is 8.85. The molecule has 0 saturated carbocycles. The minimum atomic E-state index is 0. The van der Waals surface area contributed by atoms with Gasteiger partial charge in [-0.1, -0.05) is 0 Å². The van der Waals surface area contributed by atoms with E-state index in [9.17, 15) is 0 Å². The first kappa shape index (κ1) is 13.8. The number of anilines is 1. The molecule has 1 aromatic rings. The first-order valence-electron chi connectivity index (χ1n) is 5.61. The lowest BCUT2D eigenvalue weighted by molar-refractivity contribution is 0.443. The van der Waals surface area contributed by atoms with E-state index in [-0.39, 0.29) is 12.4 Å². The van der Waals surface area contributed by atoms with Crippen molar-refractivity contribution in [2.75, 3.05) is 25.0 Å². The predicted octanol–water partition coefficient (Wildman–Crippen LogP) is 1.56. The van der Waals surface area contributed by atoms with Gasteiger partial charge in [-0.25, -0.2) is 4.98 Å². The maximum atomic E-state index is 8.85. The number of nitriles is 1. The fourth-order valence-corrected chi connectivity index (χ4v) is 2.03. The summed E-state index contributed by atoms with van der Waals surface area (Å²) in [6.45, 7) is 2.10. The molecule has 0 unspecified atom stereocenters. The Morgan fingerprint density at radius 2 is 2.41 bits per heavy atom. The van der Waals surface area contributed by atoms with Crippen LogP contribution in [0.2, 0.25) is 0 Å². The highest BCUT2D eigenvalue weighted by atomic mass is 35.5. The van der Waals surface area contributed by atoms with Crippen LogP contribution in [0, 0.1) is 11.3 Å².